The first-order valence-corrected chi connectivity index (χ1v) is 12.0. The van der Waals surface area contributed by atoms with Gasteiger partial charge in [0.25, 0.3) is 11.6 Å². The van der Waals surface area contributed by atoms with E-state index in [1.54, 1.807) is 0 Å². The van der Waals surface area contributed by atoms with Crippen molar-refractivity contribution >= 4 is 39.9 Å². The number of nitro groups is 1. The lowest BCUT2D eigenvalue weighted by Crippen LogP contribution is -2.51. The number of hydrogen-bond donors (Lipinski definition) is 2. The quantitative estimate of drug-likeness (QED) is 0.414. The molecular weight excluding hydrogens is 446 g/mol. The number of pyridine rings is 1. The van der Waals surface area contributed by atoms with Crippen LogP contribution >= 0.6 is 0 Å². The number of non-ortho nitro benzene ring substituents is 1. The Balaban J connectivity index is 1.32. The molecule has 9 nitrogen and oxygen atoms in total. The predicted molar refractivity (Wildman–Crippen MR) is 131 cm³/mol. The smallest absolute Gasteiger partial charge is 0.269 e. The van der Waals surface area contributed by atoms with Crippen LogP contribution in [-0.4, -0.2) is 43.7 Å². The summed E-state index contributed by atoms with van der Waals surface area (Å²) in [4.78, 5) is 46.0. The van der Waals surface area contributed by atoms with E-state index in [1.165, 1.54) is 24.3 Å². The molecule has 2 fully saturated rings. The van der Waals surface area contributed by atoms with Gasteiger partial charge < -0.3 is 15.2 Å². The summed E-state index contributed by atoms with van der Waals surface area (Å²) in [7, 11) is 0. The van der Waals surface area contributed by atoms with Gasteiger partial charge in [-0.3, -0.25) is 19.7 Å². The van der Waals surface area contributed by atoms with Crippen LogP contribution in [-0.2, 0) is 4.79 Å². The second-order valence-corrected chi connectivity index (χ2v) is 9.62. The van der Waals surface area contributed by atoms with E-state index >= 15 is 0 Å². The van der Waals surface area contributed by atoms with Crippen molar-refractivity contribution in [3.63, 3.8) is 0 Å². The van der Waals surface area contributed by atoms with Crippen molar-refractivity contribution in [3.8, 4) is 0 Å². The Hall–Kier alpha value is -4.01. The monoisotopic (exact) mass is 471 g/mol. The number of nitrogens with one attached hydrogen (secondary N) is 2. The second-order valence-electron chi connectivity index (χ2n) is 9.62. The predicted octanol–water partition coefficient (Wildman–Crippen LogP) is 4.67. The Labute approximate surface area is 201 Å². The average Bonchev–Trinajstić information content (AvgIpc) is 3.60. The SMILES string of the molecule is O=C(Nc1cc(C2=CC3CCCC(C2)N3C(=O)c2ccc([N+](=O)[O-])cc2)c2cc[nH]c2n1)C1CC1. The molecule has 35 heavy (non-hydrogen) atoms. The molecule has 2 atom stereocenters. The fraction of sp³-hybridized carbons (Fsp3) is 0.346. The normalized spacial score (nSPS) is 21.5. The third-order valence-electron chi connectivity index (χ3n) is 7.27. The molecule has 2 N–H and O–H groups in total. The lowest BCUT2D eigenvalue weighted by Gasteiger charge is -2.45. The summed E-state index contributed by atoms with van der Waals surface area (Å²) in [5.41, 5.74) is 3.35. The summed E-state index contributed by atoms with van der Waals surface area (Å²) in [5.74, 6) is 0.557. The fourth-order valence-electron chi connectivity index (χ4n) is 5.36. The van der Waals surface area contributed by atoms with Gasteiger partial charge >= 0.3 is 0 Å². The van der Waals surface area contributed by atoms with Crippen molar-refractivity contribution in [2.24, 2.45) is 5.92 Å². The maximum Gasteiger partial charge on any atom is 0.269 e. The number of fused-ring (bicyclic) bond motifs is 3. The Kier molecular flexibility index (Phi) is 5.12. The molecule has 4 heterocycles. The summed E-state index contributed by atoms with van der Waals surface area (Å²) in [6, 6.07) is 9.78. The zero-order valence-corrected chi connectivity index (χ0v) is 19.1. The number of hydrogen-bond acceptors (Lipinski definition) is 5. The highest BCUT2D eigenvalue weighted by Gasteiger charge is 2.38. The molecule has 178 valence electrons. The van der Waals surface area contributed by atoms with Gasteiger partial charge in [-0.05, 0) is 73.9 Å². The molecule has 2 aromatic heterocycles. The number of anilines is 1. The number of aromatic nitrogens is 2. The van der Waals surface area contributed by atoms with Crippen LogP contribution in [0.3, 0.4) is 0 Å². The summed E-state index contributed by atoms with van der Waals surface area (Å²) >= 11 is 0. The Morgan fingerprint density at radius 2 is 1.91 bits per heavy atom. The molecule has 1 aromatic carbocycles. The fourth-order valence-corrected chi connectivity index (χ4v) is 5.36. The first kappa shape index (κ1) is 21.5. The van der Waals surface area contributed by atoms with Crippen LogP contribution in [0.5, 0.6) is 0 Å². The van der Waals surface area contributed by atoms with Crippen molar-refractivity contribution in [2.45, 2.75) is 50.6 Å². The number of rotatable bonds is 5. The standard InChI is InChI=1S/C26H25N5O4/c32-25(15-4-5-15)29-23-14-22(21-10-11-27-24(21)28-23)17-12-19-2-1-3-20(13-17)30(19)26(33)16-6-8-18(9-7-16)31(34)35/h6-12,14-15,19-20H,1-5,13H2,(H2,27,28,29,32). The zero-order chi connectivity index (χ0) is 24.1. The molecule has 0 spiro atoms. The minimum absolute atomic E-state index is 0.0173. The maximum absolute atomic E-state index is 13.4. The molecule has 1 saturated heterocycles. The molecule has 1 saturated carbocycles. The number of amides is 2. The zero-order valence-electron chi connectivity index (χ0n) is 19.1. The van der Waals surface area contributed by atoms with Gasteiger partial charge in [0.15, 0.2) is 0 Å². The molecule has 0 radical (unpaired) electrons. The first-order chi connectivity index (χ1) is 17.0. The lowest BCUT2D eigenvalue weighted by atomic mass is 9.82. The largest absolute Gasteiger partial charge is 0.346 e. The minimum atomic E-state index is -0.462. The van der Waals surface area contributed by atoms with Gasteiger partial charge in [0.1, 0.15) is 11.5 Å². The Bertz CT molecular complexity index is 1370. The molecule has 2 aliphatic heterocycles. The van der Waals surface area contributed by atoms with Crippen molar-refractivity contribution < 1.29 is 14.5 Å². The highest BCUT2D eigenvalue weighted by atomic mass is 16.6. The maximum atomic E-state index is 13.4. The topological polar surface area (TPSA) is 121 Å². The third-order valence-corrected chi connectivity index (χ3v) is 7.27. The van der Waals surface area contributed by atoms with E-state index in [2.05, 4.69) is 21.4 Å². The van der Waals surface area contributed by atoms with E-state index < -0.39 is 4.92 Å². The van der Waals surface area contributed by atoms with E-state index in [4.69, 9.17) is 0 Å². The molecule has 1 aliphatic carbocycles. The van der Waals surface area contributed by atoms with Gasteiger partial charge in [-0.2, -0.15) is 0 Å². The molecule has 2 amide bonds. The van der Waals surface area contributed by atoms with E-state index in [1.807, 2.05) is 23.2 Å². The lowest BCUT2D eigenvalue weighted by molar-refractivity contribution is -0.384. The van der Waals surface area contributed by atoms with Crippen LogP contribution in [0.25, 0.3) is 16.6 Å². The van der Waals surface area contributed by atoms with Crippen LogP contribution in [0.1, 0.15) is 54.4 Å². The summed E-state index contributed by atoms with van der Waals surface area (Å²) < 4.78 is 0. The highest BCUT2D eigenvalue weighted by Crippen LogP contribution is 2.40. The minimum Gasteiger partial charge on any atom is -0.346 e. The van der Waals surface area contributed by atoms with E-state index in [9.17, 15) is 19.7 Å². The van der Waals surface area contributed by atoms with E-state index in [-0.39, 0.29) is 35.5 Å². The second kappa shape index (κ2) is 8.33. The molecule has 3 aliphatic rings. The number of nitro benzene ring substituents is 1. The summed E-state index contributed by atoms with van der Waals surface area (Å²) in [5, 5.41) is 14.9. The van der Waals surface area contributed by atoms with Gasteiger partial charge in [0, 0.05) is 41.2 Å². The molecule has 3 aromatic rings. The third kappa shape index (κ3) is 3.96. The van der Waals surface area contributed by atoms with Gasteiger partial charge in [-0.15, -0.1) is 0 Å². The Morgan fingerprint density at radius 1 is 1.11 bits per heavy atom. The van der Waals surface area contributed by atoms with Crippen molar-refractivity contribution in [2.75, 3.05) is 5.32 Å². The molecule has 6 rings (SSSR count). The van der Waals surface area contributed by atoms with Crippen molar-refractivity contribution in [3.05, 3.63) is 69.9 Å². The van der Waals surface area contributed by atoms with Crippen LogP contribution in [0, 0.1) is 16.0 Å². The molecule has 9 heteroatoms. The van der Waals surface area contributed by atoms with Crippen molar-refractivity contribution in [1.82, 2.24) is 14.9 Å². The number of nitrogens with zero attached hydrogens (tertiary/aromatic N) is 3. The Morgan fingerprint density at radius 3 is 2.63 bits per heavy atom. The van der Waals surface area contributed by atoms with E-state index in [0.29, 0.717) is 17.8 Å². The number of piperidine rings is 1. The number of carbonyl (C=O) groups is 2. The molecule has 2 unspecified atom stereocenters. The number of benzene rings is 1. The van der Waals surface area contributed by atoms with Crippen LogP contribution in [0.4, 0.5) is 11.5 Å². The van der Waals surface area contributed by atoms with Crippen LogP contribution in [0.15, 0.2) is 48.7 Å². The molecule has 2 bridgehead atoms. The summed E-state index contributed by atoms with van der Waals surface area (Å²) in [6.45, 7) is 0. The van der Waals surface area contributed by atoms with Crippen molar-refractivity contribution in [1.29, 1.82) is 0 Å². The van der Waals surface area contributed by atoms with Crippen LogP contribution < -0.4 is 5.32 Å². The van der Waals surface area contributed by atoms with Gasteiger partial charge in [0.05, 0.1) is 11.0 Å². The van der Waals surface area contributed by atoms with Crippen LogP contribution in [0.2, 0.25) is 0 Å². The summed E-state index contributed by atoms with van der Waals surface area (Å²) in [6.07, 6.45) is 9.39. The average molecular weight is 472 g/mol. The molecular formula is C26H25N5O4. The number of H-pyrrole nitrogens is 1. The first-order valence-electron chi connectivity index (χ1n) is 12.0. The van der Waals surface area contributed by atoms with Gasteiger partial charge in [-0.1, -0.05) is 6.08 Å². The van der Waals surface area contributed by atoms with Gasteiger partial charge in [0.2, 0.25) is 5.91 Å². The highest BCUT2D eigenvalue weighted by molar-refractivity contribution is 5.99. The van der Waals surface area contributed by atoms with E-state index in [0.717, 1.165) is 54.3 Å². The number of carbonyl (C=O) groups excluding carboxylic acids is 2. The van der Waals surface area contributed by atoms with Gasteiger partial charge in [-0.25, -0.2) is 4.98 Å². The number of aromatic amines is 1.